The Morgan fingerprint density at radius 1 is 1.42 bits per heavy atom. The van der Waals surface area contributed by atoms with E-state index in [2.05, 4.69) is 35.9 Å². The van der Waals surface area contributed by atoms with Gasteiger partial charge in [-0.2, -0.15) is 0 Å². The third kappa shape index (κ3) is 3.62. The summed E-state index contributed by atoms with van der Waals surface area (Å²) in [5.74, 6) is 0. The molecule has 0 spiro atoms. The molecule has 1 aromatic rings. The summed E-state index contributed by atoms with van der Waals surface area (Å²) in [5.41, 5.74) is 8.51. The van der Waals surface area contributed by atoms with Gasteiger partial charge in [-0.05, 0) is 45.0 Å². The van der Waals surface area contributed by atoms with Crippen LogP contribution in [-0.2, 0) is 6.42 Å². The maximum atomic E-state index is 6.18. The van der Waals surface area contributed by atoms with Gasteiger partial charge in [0.15, 0.2) is 0 Å². The molecular weight excluding hydrogens is 258 g/mol. The predicted octanol–water partition coefficient (Wildman–Crippen LogP) is 2.37. The highest BCUT2D eigenvalue weighted by molar-refractivity contribution is 6.30. The van der Waals surface area contributed by atoms with Gasteiger partial charge in [0.25, 0.3) is 0 Å². The Morgan fingerprint density at radius 2 is 2.16 bits per heavy atom. The van der Waals surface area contributed by atoms with Crippen molar-refractivity contribution in [2.24, 2.45) is 5.73 Å². The lowest BCUT2D eigenvalue weighted by Gasteiger charge is -2.41. The van der Waals surface area contributed by atoms with Gasteiger partial charge < -0.3 is 15.5 Å². The molecule has 1 saturated heterocycles. The molecule has 3 nitrogen and oxygen atoms in total. The molecule has 0 radical (unpaired) electrons. The third-order valence-electron chi connectivity index (χ3n) is 3.73. The van der Waals surface area contributed by atoms with Crippen LogP contribution >= 0.6 is 11.6 Å². The van der Waals surface area contributed by atoms with Gasteiger partial charge in [0.2, 0.25) is 0 Å². The van der Waals surface area contributed by atoms with E-state index in [1.807, 2.05) is 13.0 Å². The van der Waals surface area contributed by atoms with Gasteiger partial charge in [-0.3, -0.25) is 0 Å². The van der Waals surface area contributed by atoms with E-state index < -0.39 is 0 Å². The number of hydrogen-bond acceptors (Lipinski definition) is 3. The van der Waals surface area contributed by atoms with Crippen molar-refractivity contribution in [3.8, 4) is 0 Å². The molecule has 1 aliphatic heterocycles. The van der Waals surface area contributed by atoms with E-state index in [4.69, 9.17) is 17.3 Å². The molecule has 2 rings (SSSR count). The minimum atomic E-state index is 0.169. The zero-order chi connectivity index (χ0) is 14.0. The van der Waals surface area contributed by atoms with Gasteiger partial charge in [0, 0.05) is 42.4 Å². The summed E-state index contributed by atoms with van der Waals surface area (Å²) >= 11 is 6.18. The van der Waals surface area contributed by atoms with Crippen LogP contribution in [0.1, 0.15) is 19.4 Å². The first-order valence-electron chi connectivity index (χ1n) is 6.96. The van der Waals surface area contributed by atoms with E-state index in [-0.39, 0.29) is 6.04 Å². The van der Waals surface area contributed by atoms with Crippen LogP contribution in [-0.4, -0.2) is 43.7 Å². The highest BCUT2D eigenvalue weighted by Crippen LogP contribution is 2.28. The quantitative estimate of drug-likeness (QED) is 0.923. The second-order valence-electron chi connectivity index (χ2n) is 5.76. The molecule has 4 heteroatoms. The van der Waals surface area contributed by atoms with Crippen molar-refractivity contribution < 1.29 is 0 Å². The molecule has 2 N–H and O–H groups in total. The lowest BCUT2D eigenvalue weighted by Crippen LogP contribution is -2.50. The number of nitrogens with two attached hydrogens (primary N) is 1. The van der Waals surface area contributed by atoms with Gasteiger partial charge >= 0.3 is 0 Å². The molecule has 1 aliphatic rings. The lowest BCUT2D eigenvalue weighted by atomic mass is 10.0. The first-order valence-corrected chi connectivity index (χ1v) is 7.34. The molecular formula is C15H24ClN3. The molecule has 0 aliphatic carbocycles. The zero-order valence-electron chi connectivity index (χ0n) is 12.1. The van der Waals surface area contributed by atoms with Crippen LogP contribution in [0.3, 0.4) is 0 Å². The van der Waals surface area contributed by atoms with Gasteiger partial charge in [-0.1, -0.05) is 17.7 Å². The second-order valence-corrected chi connectivity index (χ2v) is 6.20. The topological polar surface area (TPSA) is 32.5 Å². The van der Waals surface area contributed by atoms with Crippen molar-refractivity contribution in [3.63, 3.8) is 0 Å². The molecule has 2 unspecified atom stereocenters. The summed E-state index contributed by atoms with van der Waals surface area (Å²) in [7, 11) is 2.18. The van der Waals surface area contributed by atoms with Gasteiger partial charge in [-0.15, -0.1) is 0 Å². The number of rotatable bonds is 3. The SMILES string of the molecule is CC(N)Cc1ccc(Cl)cc1N1CCN(C)CC1C. The second kappa shape index (κ2) is 6.12. The van der Waals surface area contributed by atoms with Crippen molar-refractivity contribution in [1.29, 1.82) is 0 Å². The van der Waals surface area contributed by atoms with Crippen molar-refractivity contribution in [2.45, 2.75) is 32.4 Å². The van der Waals surface area contributed by atoms with E-state index in [1.165, 1.54) is 11.3 Å². The summed E-state index contributed by atoms with van der Waals surface area (Å²) < 4.78 is 0. The van der Waals surface area contributed by atoms with Crippen molar-refractivity contribution in [1.82, 2.24) is 4.90 Å². The van der Waals surface area contributed by atoms with Gasteiger partial charge in [0.05, 0.1) is 0 Å². The first-order chi connectivity index (χ1) is 8.97. The minimum absolute atomic E-state index is 0.169. The normalized spacial score (nSPS) is 22.6. The largest absolute Gasteiger partial charge is 0.366 e. The van der Waals surface area contributed by atoms with Crippen LogP contribution in [0.15, 0.2) is 18.2 Å². The number of nitrogens with zero attached hydrogens (tertiary/aromatic N) is 2. The Labute approximate surface area is 121 Å². The highest BCUT2D eigenvalue weighted by Gasteiger charge is 2.23. The molecule has 0 amide bonds. The molecule has 0 bridgehead atoms. The summed E-state index contributed by atoms with van der Waals surface area (Å²) in [4.78, 5) is 4.83. The fourth-order valence-corrected chi connectivity index (χ4v) is 2.99. The first kappa shape index (κ1) is 14.6. The average molecular weight is 282 g/mol. The predicted molar refractivity (Wildman–Crippen MR) is 83.1 cm³/mol. The molecule has 0 saturated carbocycles. The number of piperazine rings is 1. The van der Waals surface area contributed by atoms with Crippen molar-refractivity contribution in [2.75, 3.05) is 31.6 Å². The van der Waals surface area contributed by atoms with E-state index in [9.17, 15) is 0 Å². The van der Waals surface area contributed by atoms with Gasteiger partial charge in [-0.25, -0.2) is 0 Å². The number of hydrogen-bond donors (Lipinski definition) is 1. The molecule has 1 heterocycles. The number of benzene rings is 1. The summed E-state index contributed by atoms with van der Waals surface area (Å²) in [5, 5.41) is 0.801. The van der Waals surface area contributed by atoms with E-state index in [0.717, 1.165) is 31.1 Å². The van der Waals surface area contributed by atoms with Crippen LogP contribution in [0.5, 0.6) is 0 Å². The molecule has 1 fully saturated rings. The number of likely N-dealkylation sites (N-methyl/N-ethyl adjacent to an activating group) is 1. The molecule has 106 valence electrons. The van der Waals surface area contributed by atoms with Crippen LogP contribution in [0.2, 0.25) is 5.02 Å². The average Bonchev–Trinajstić information content (AvgIpc) is 2.31. The van der Waals surface area contributed by atoms with Crippen LogP contribution in [0.4, 0.5) is 5.69 Å². The summed E-state index contributed by atoms with van der Waals surface area (Å²) in [6, 6.07) is 6.84. The van der Waals surface area contributed by atoms with Crippen LogP contribution in [0.25, 0.3) is 0 Å². The number of halogens is 1. The Morgan fingerprint density at radius 3 is 2.79 bits per heavy atom. The minimum Gasteiger partial charge on any atom is -0.366 e. The fourth-order valence-electron chi connectivity index (χ4n) is 2.82. The van der Waals surface area contributed by atoms with Gasteiger partial charge in [0.1, 0.15) is 0 Å². The van der Waals surface area contributed by atoms with Crippen molar-refractivity contribution >= 4 is 17.3 Å². The smallest absolute Gasteiger partial charge is 0.0426 e. The van der Waals surface area contributed by atoms with E-state index in [0.29, 0.717) is 6.04 Å². The Balaban J connectivity index is 2.29. The Bertz CT molecular complexity index is 433. The Kier molecular flexibility index (Phi) is 4.71. The summed E-state index contributed by atoms with van der Waals surface area (Å²) in [6.45, 7) is 7.54. The lowest BCUT2D eigenvalue weighted by molar-refractivity contribution is 0.275. The van der Waals surface area contributed by atoms with Crippen molar-refractivity contribution in [3.05, 3.63) is 28.8 Å². The number of anilines is 1. The highest BCUT2D eigenvalue weighted by atomic mass is 35.5. The fraction of sp³-hybridized carbons (Fsp3) is 0.600. The summed E-state index contributed by atoms with van der Waals surface area (Å²) in [6.07, 6.45) is 0.894. The Hall–Kier alpha value is -0.770. The molecule has 0 aromatic heterocycles. The molecule has 19 heavy (non-hydrogen) atoms. The standard InChI is InChI=1S/C15H24ClN3/c1-11(17)8-13-4-5-14(16)9-15(13)19-7-6-18(3)10-12(19)2/h4-5,9,11-12H,6-8,10,17H2,1-3H3. The zero-order valence-corrected chi connectivity index (χ0v) is 12.8. The van der Waals surface area contributed by atoms with E-state index >= 15 is 0 Å². The maximum absolute atomic E-state index is 6.18. The third-order valence-corrected chi connectivity index (χ3v) is 3.96. The maximum Gasteiger partial charge on any atom is 0.0426 e. The van der Waals surface area contributed by atoms with Crippen LogP contribution < -0.4 is 10.6 Å². The molecule has 1 aromatic carbocycles. The van der Waals surface area contributed by atoms with E-state index in [1.54, 1.807) is 0 Å². The van der Waals surface area contributed by atoms with Crippen LogP contribution in [0, 0.1) is 0 Å². The molecule has 2 atom stereocenters. The monoisotopic (exact) mass is 281 g/mol.